The maximum Gasteiger partial charge on any atom is 0.306 e. The number of hydrogen-bond acceptors (Lipinski definition) is 7. The van der Waals surface area contributed by atoms with Crippen molar-refractivity contribution in [2.75, 3.05) is 12.0 Å². The van der Waals surface area contributed by atoms with Gasteiger partial charge in [-0.3, -0.25) is 19.2 Å². The third kappa shape index (κ3) is 7.99. The first-order valence-electron chi connectivity index (χ1n) is 8.61. The lowest BCUT2D eigenvalue weighted by atomic mass is 9.83. The fraction of sp³-hybridized carbons (Fsp3) is 0.471. The number of carbonyl (C=O) groups is 4. The van der Waals surface area contributed by atoms with Crippen LogP contribution in [0.1, 0.15) is 42.5 Å². The van der Waals surface area contributed by atoms with Crippen LogP contribution in [0.4, 0.5) is 5.82 Å². The smallest absolute Gasteiger partial charge is 0.306 e. The quantitative estimate of drug-likeness (QED) is 0.156. The molecule has 0 radical (unpaired) electrons. The number of nitrogens with two attached hydrogens (primary N) is 1. The molecule has 1 amide bonds. The number of anilines is 1. The van der Waals surface area contributed by atoms with Crippen molar-refractivity contribution < 1.29 is 34.5 Å². The van der Waals surface area contributed by atoms with Crippen LogP contribution < -0.4 is 16.6 Å². The summed E-state index contributed by atoms with van der Waals surface area (Å²) >= 11 is 0. The SMILES string of the molecule is NNc1ccc(C(=O)NCCCCC(C(=O)O)C(CC(=O)O)CC(=O)O)cn1. The largest absolute Gasteiger partial charge is 0.481 e. The normalized spacial score (nSPS) is 11.6. The highest BCUT2D eigenvalue weighted by Gasteiger charge is 2.31. The fourth-order valence-corrected chi connectivity index (χ4v) is 2.77. The van der Waals surface area contributed by atoms with Crippen LogP contribution in [0.25, 0.3) is 0 Å². The number of nitrogens with zero attached hydrogens (tertiary/aromatic N) is 1. The second kappa shape index (κ2) is 11.5. The maximum absolute atomic E-state index is 12.0. The zero-order valence-electron chi connectivity index (χ0n) is 15.1. The molecule has 0 saturated carbocycles. The van der Waals surface area contributed by atoms with E-state index in [1.165, 1.54) is 12.3 Å². The molecular formula is C17H24N4O7. The van der Waals surface area contributed by atoms with Gasteiger partial charge in [0, 0.05) is 25.6 Å². The van der Waals surface area contributed by atoms with Gasteiger partial charge < -0.3 is 26.1 Å². The van der Waals surface area contributed by atoms with Gasteiger partial charge in [-0.25, -0.2) is 10.8 Å². The van der Waals surface area contributed by atoms with Gasteiger partial charge in [0.05, 0.1) is 11.5 Å². The lowest BCUT2D eigenvalue weighted by Crippen LogP contribution is -2.28. The predicted molar refractivity (Wildman–Crippen MR) is 97.4 cm³/mol. The van der Waals surface area contributed by atoms with Gasteiger partial charge in [0.25, 0.3) is 5.91 Å². The Morgan fingerprint density at radius 3 is 2.14 bits per heavy atom. The van der Waals surface area contributed by atoms with Crippen LogP contribution >= 0.6 is 0 Å². The van der Waals surface area contributed by atoms with Crippen molar-refractivity contribution in [3.8, 4) is 0 Å². The zero-order chi connectivity index (χ0) is 21.1. The third-order valence-electron chi connectivity index (χ3n) is 4.16. The minimum absolute atomic E-state index is 0.120. The molecule has 11 heteroatoms. The van der Waals surface area contributed by atoms with Crippen LogP contribution in [0.5, 0.6) is 0 Å². The van der Waals surface area contributed by atoms with E-state index in [0.29, 0.717) is 24.2 Å². The lowest BCUT2D eigenvalue weighted by molar-refractivity contribution is -0.147. The van der Waals surface area contributed by atoms with Crippen molar-refractivity contribution in [3.63, 3.8) is 0 Å². The fourth-order valence-electron chi connectivity index (χ4n) is 2.77. The molecule has 28 heavy (non-hydrogen) atoms. The van der Waals surface area contributed by atoms with E-state index in [-0.39, 0.29) is 18.9 Å². The molecule has 0 aliphatic rings. The topological polar surface area (TPSA) is 192 Å². The summed E-state index contributed by atoms with van der Waals surface area (Å²) in [5.41, 5.74) is 2.68. The Balaban J connectivity index is 2.48. The summed E-state index contributed by atoms with van der Waals surface area (Å²) in [7, 11) is 0. The first-order valence-corrected chi connectivity index (χ1v) is 8.61. The molecule has 0 fully saturated rings. The number of aliphatic carboxylic acids is 3. The molecule has 1 unspecified atom stereocenters. The average molecular weight is 396 g/mol. The van der Waals surface area contributed by atoms with Crippen LogP contribution in [0, 0.1) is 11.8 Å². The minimum atomic E-state index is -1.24. The van der Waals surface area contributed by atoms with E-state index in [2.05, 4.69) is 15.7 Å². The molecular weight excluding hydrogens is 372 g/mol. The first-order chi connectivity index (χ1) is 13.2. The van der Waals surface area contributed by atoms with E-state index in [0.717, 1.165) is 0 Å². The summed E-state index contributed by atoms with van der Waals surface area (Å²) in [6.07, 6.45) is 1.27. The highest BCUT2D eigenvalue weighted by Crippen LogP contribution is 2.25. The molecule has 0 aliphatic heterocycles. The summed E-state index contributed by atoms with van der Waals surface area (Å²) in [5.74, 6) is -0.533. The molecule has 154 valence electrons. The van der Waals surface area contributed by atoms with E-state index < -0.39 is 42.6 Å². The van der Waals surface area contributed by atoms with Gasteiger partial charge in [-0.05, 0) is 30.9 Å². The number of rotatable bonds is 13. The van der Waals surface area contributed by atoms with Gasteiger partial charge in [-0.2, -0.15) is 0 Å². The number of aromatic nitrogens is 1. The van der Waals surface area contributed by atoms with Crippen molar-refractivity contribution in [2.24, 2.45) is 17.7 Å². The van der Waals surface area contributed by atoms with E-state index in [4.69, 9.17) is 16.1 Å². The van der Waals surface area contributed by atoms with E-state index in [1.54, 1.807) is 6.07 Å². The number of carbonyl (C=O) groups excluding carboxylic acids is 1. The Morgan fingerprint density at radius 1 is 1.04 bits per heavy atom. The molecule has 0 spiro atoms. The summed E-state index contributed by atoms with van der Waals surface area (Å²) in [6.45, 7) is 0.282. The maximum atomic E-state index is 12.0. The van der Waals surface area contributed by atoms with Crippen LogP contribution in [0.2, 0.25) is 0 Å². The van der Waals surface area contributed by atoms with Gasteiger partial charge in [0.1, 0.15) is 5.82 Å². The summed E-state index contributed by atoms with van der Waals surface area (Å²) in [4.78, 5) is 49.1. The molecule has 0 saturated heterocycles. The number of unbranched alkanes of at least 4 members (excludes halogenated alkanes) is 1. The number of carboxylic acid groups (broad SMARTS) is 3. The molecule has 0 aliphatic carbocycles. The van der Waals surface area contributed by atoms with Crippen LogP contribution in [0.15, 0.2) is 18.3 Å². The van der Waals surface area contributed by atoms with Crippen LogP contribution in [-0.2, 0) is 14.4 Å². The van der Waals surface area contributed by atoms with Gasteiger partial charge in [0.2, 0.25) is 0 Å². The minimum Gasteiger partial charge on any atom is -0.481 e. The Kier molecular flexibility index (Phi) is 9.37. The van der Waals surface area contributed by atoms with Gasteiger partial charge in [-0.15, -0.1) is 0 Å². The van der Waals surface area contributed by atoms with Crippen LogP contribution in [-0.4, -0.2) is 50.7 Å². The third-order valence-corrected chi connectivity index (χ3v) is 4.16. The highest BCUT2D eigenvalue weighted by molar-refractivity contribution is 5.94. The molecule has 11 nitrogen and oxygen atoms in total. The standard InChI is InChI=1S/C17H24N4O7/c18-21-13-5-4-10(9-20-13)16(26)19-6-2-1-3-12(17(27)28)11(7-14(22)23)8-15(24)25/h4-5,9,11-12H,1-3,6-8,18H2,(H,19,26)(H,20,21)(H,22,23)(H,24,25)(H,27,28). The number of nitrogen functional groups attached to an aromatic ring is 1. The summed E-state index contributed by atoms with van der Waals surface area (Å²) < 4.78 is 0. The number of amides is 1. The first kappa shape index (κ1) is 22.8. The number of hydrogen-bond donors (Lipinski definition) is 6. The monoisotopic (exact) mass is 396 g/mol. The van der Waals surface area contributed by atoms with Crippen LogP contribution in [0.3, 0.4) is 0 Å². The molecule has 7 N–H and O–H groups in total. The second-order valence-electron chi connectivity index (χ2n) is 6.23. The van der Waals surface area contributed by atoms with Crippen molar-refractivity contribution in [2.45, 2.75) is 32.1 Å². The van der Waals surface area contributed by atoms with Crippen molar-refractivity contribution in [1.29, 1.82) is 0 Å². The second-order valence-corrected chi connectivity index (χ2v) is 6.23. The van der Waals surface area contributed by atoms with Crippen molar-refractivity contribution in [1.82, 2.24) is 10.3 Å². The molecule has 1 aromatic rings. The number of carboxylic acids is 3. The Bertz CT molecular complexity index is 677. The molecule has 0 aromatic carbocycles. The lowest BCUT2D eigenvalue weighted by Gasteiger charge is -2.21. The Hall–Kier alpha value is -3.21. The van der Waals surface area contributed by atoms with Gasteiger partial charge >= 0.3 is 17.9 Å². The molecule has 1 aromatic heterocycles. The molecule has 1 heterocycles. The van der Waals surface area contributed by atoms with Crippen molar-refractivity contribution in [3.05, 3.63) is 23.9 Å². The summed E-state index contributed by atoms with van der Waals surface area (Å²) in [6, 6.07) is 3.08. The highest BCUT2D eigenvalue weighted by atomic mass is 16.4. The average Bonchev–Trinajstić information content (AvgIpc) is 2.62. The Morgan fingerprint density at radius 2 is 1.68 bits per heavy atom. The number of nitrogens with one attached hydrogen (secondary N) is 2. The zero-order valence-corrected chi connectivity index (χ0v) is 15.1. The van der Waals surface area contributed by atoms with Crippen molar-refractivity contribution >= 4 is 29.6 Å². The number of pyridine rings is 1. The van der Waals surface area contributed by atoms with Gasteiger partial charge in [-0.1, -0.05) is 6.42 Å². The molecule has 1 rings (SSSR count). The van der Waals surface area contributed by atoms with E-state index in [9.17, 15) is 24.3 Å². The van der Waals surface area contributed by atoms with E-state index in [1.807, 2.05) is 0 Å². The molecule has 1 atom stereocenters. The van der Waals surface area contributed by atoms with Gasteiger partial charge in [0.15, 0.2) is 0 Å². The molecule has 0 bridgehead atoms. The predicted octanol–water partition coefficient (Wildman–Crippen LogP) is 0.534. The number of hydrazine groups is 1. The summed E-state index contributed by atoms with van der Waals surface area (Å²) in [5, 5.41) is 29.8. The Labute approximate surface area is 160 Å². The van der Waals surface area contributed by atoms with E-state index >= 15 is 0 Å².